The topological polar surface area (TPSA) is 122 Å². The van der Waals surface area contributed by atoms with Crippen molar-refractivity contribution >= 4 is 21.9 Å². The molecule has 2 N–H and O–H groups in total. The van der Waals surface area contributed by atoms with Crippen LogP contribution in [0.15, 0.2) is 53.4 Å². The number of fused-ring (bicyclic) bond motifs is 4. The molecule has 1 aromatic heterocycles. The molecule has 0 fully saturated rings. The summed E-state index contributed by atoms with van der Waals surface area (Å²) in [5.41, 5.74) is 3.02. The van der Waals surface area contributed by atoms with Crippen LogP contribution in [0.4, 0.5) is 5.95 Å². The Labute approximate surface area is 211 Å². The highest BCUT2D eigenvalue weighted by atomic mass is 32.2. The van der Waals surface area contributed by atoms with Crippen molar-refractivity contribution in [3.63, 3.8) is 0 Å². The zero-order valence-electron chi connectivity index (χ0n) is 20.9. The Hall–Kier alpha value is -3.50. The van der Waals surface area contributed by atoms with Crippen molar-refractivity contribution in [2.45, 2.75) is 52.0 Å². The van der Waals surface area contributed by atoms with Gasteiger partial charge in [0.25, 0.3) is 15.9 Å². The molecule has 1 aliphatic heterocycles. The number of sulfonamides is 1. The SMILES string of the molecule is Cc1cccc(C)c1-c1cc2nc(n1)NS(=O)(=O)c1cccc(c1)C(=O)N(O)[C@H](CC(C)(C)C)CO2. The standard InChI is InChI=1S/C26H30N4O5S/c1-16-8-6-9-17(2)23(16)21-13-22-28-25(27-21)29-36(33,34)20-11-7-10-18(12-20)24(31)30(32)19(15-35-22)14-26(3,4)5/h6-13,19,32H,14-15H2,1-5H3,(H,27,28,29)/t19-/m1/s1. The predicted molar refractivity (Wildman–Crippen MR) is 136 cm³/mol. The monoisotopic (exact) mass is 510 g/mol. The fourth-order valence-electron chi connectivity index (χ4n) is 4.27. The molecule has 9 nitrogen and oxygen atoms in total. The van der Waals surface area contributed by atoms with Crippen LogP contribution in [0.1, 0.15) is 48.7 Å². The van der Waals surface area contributed by atoms with Gasteiger partial charge in [-0.2, -0.15) is 4.98 Å². The molecule has 36 heavy (non-hydrogen) atoms. The van der Waals surface area contributed by atoms with Crippen molar-refractivity contribution in [3.05, 3.63) is 65.2 Å². The third-order valence-electron chi connectivity index (χ3n) is 5.88. The Kier molecular flexibility index (Phi) is 6.76. The average molecular weight is 511 g/mol. The normalized spacial score (nSPS) is 17.8. The predicted octanol–water partition coefficient (Wildman–Crippen LogP) is 4.59. The van der Waals surface area contributed by atoms with Gasteiger partial charge in [-0.3, -0.25) is 10.0 Å². The van der Waals surface area contributed by atoms with E-state index < -0.39 is 22.0 Å². The lowest BCUT2D eigenvalue weighted by Gasteiger charge is -2.31. The Morgan fingerprint density at radius 2 is 1.75 bits per heavy atom. The van der Waals surface area contributed by atoms with E-state index >= 15 is 0 Å². The summed E-state index contributed by atoms with van der Waals surface area (Å²) in [7, 11) is -4.14. The summed E-state index contributed by atoms with van der Waals surface area (Å²) in [4.78, 5) is 21.7. The van der Waals surface area contributed by atoms with E-state index in [-0.39, 0.29) is 34.3 Å². The van der Waals surface area contributed by atoms with Crippen molar-refractivity contribution < 1.29 is 23.2 Å². The maximum absolute atomic E-state index is 13.2. The molecular weight excluding hydrogens is 480 g/mol. The lowest BCUT2D eigenvalue weighted by molar-refractivity contribution is -0.106. The van der Waals surface area contributed by atoms with Gasteiger partial charge in [0.2, 0.25) is 11.8 Å². The fraction of sp³-hybridized carbons (Fsp3) is 0.346. The summed E-state index contributed by atoms with van der Waals surface area (Å²) in [6.07, 6.45) is 0.424. The van der Waals surface area contributed by atoms with Crippen molar-refractivity contribution in [1.82, 2.24) is 15.0 Å². The molecule has 10 heteroatoms. The molecule has 2 heterocycles. The van der Waals surface area contributed by atoms with Crippen LogP contribution >= 0.6 is 0 Å². The average Bonchev–Trinajstić information content (AvgIpc) is 2.79. The Bertz CT molecular complexity index is 1400. The Balaban J connectivity index is 1.89. The Morgan fingerprint density at radius 1 is 1.08 bits per heavy atom. The van der Waals surface area contributed by atoms with Gasteiger partial charge >= 0.3 is 0 Å². The molecule has 0 aliphatic carbocycles. The number of anilines is 1. The van der Waals surface area contributed by atoms with Gasteiger partial charge in [0.1, 0.15) is 6.61 Å². The summed E-state index contributed by atoms with van der Waals surface area (Å²) in [5, 5.41) is 11.5. The molecule has 4 bridgehead atoms. The highest BCUT2D eigenvalue weighted by Crippen LogP contribution is 2.31. The van der Waals surface area contributed by atoms with Crippen molar-refractivity contribution in [1.29, 1.82) is 0 Å². The number of hydrogen-bond donors (Lipinski definition) is 2. The van der Waals surface area contributed by atoms with Gasteiger partial charge in [-0.25, -0.2) is 23.2 Å². The van der Waals surface area contributed by atoms with E-state index in [0.29, 0.717) is 17.2 Å². The molecule has 0 saturated heterocycles. The summed E-state index contributed by atoms with van der Waals surface area (Å²) in [5.74, 6) is -0.765. The van der Waals surface area contributed by atoms with E-state index in [1.54, 1.807) is 6.07 Å². The molecule has 0 spiro atoms. The first-order valence-corrected chi connectivity index (χ1v) is 13.1. The summed E-state index contributed by atoms with van der Waals surface area (Å²) in [6.45, 7) is 9.80. The molecule has 0 saturated carbocycles. The number of rotatable bonds is 2. The van der Waals surface area contributed by atoms with Gasteiger partial charge in [0.15, 0.2) is 0 Å². The molecule has 1 aliphatic rings. The summed E-state index contributed by atoms with van der Waals surface area (Å²) >= 11 is 0. The van der Waals surface area contributed by atoms with Gasteiger partial charge in [-0.15, -0.1) is 0 Å². The first-order chi connectivity index (χ1) is 16.8. The van der Waals surface area contributed by atoms with Gasteiger partial charge in [-0.05, 0) is 55.0 Å². The second kappa shape index (κ2) is 9.51. The number of hydroxylamine groups is 2. The Morgan fingerprint density at radius 3 is 2.42 bits per heavy atom. The molecule has 0 unspecified atom stereocenters. The van der Waals surface area contributed by atoms with Crippen LogP contribution in [0.3, 0.4) is 0 Å². The first kappa shape index (κ1) is 25.6. The number of hydrogen-bond acceptors (Lipinski definition) is 7. The molecule has 1 amide bonds. The van der Waals surface area contributed by atoms with E-state index in [1.807, 2.05) is 52.8 Å². The molecule has 3 aromatic rings. The number of aryl methyl sites for hydroxylation is 2. The number of carbonyl (C=O) groups is 1. The lowest BCUT2D eigenvalue weighted by atomic mass is 9.88. The maximum Gasteiger partial charge on any atom is 0.277 e. The van der Waals surface area contributed by atoms with Crippen molar-refractivity contribution in [2.75, 3.05) is 11.3 Å². The van der Waals surface area contributed by atoms with Crippen LogP contribution in [0, 0.1) is 19.3 Å². The van der Waals surface area contributed by atoms with Crippen LogP contribution < -0.4 is 9.46 Å². The van der Waals surface area contributed by atoms with Crippen LogP contribution in [0.5, 0.6) is 5.88 Å². The first-order valence-electron chi connectivity index (χ1n) is 11.6. The van der Waals surface area contributed by atoms with Gasteiger partial charge in [0, 0.05) is 17.2 Å². The van der Waals surface area contributed by atoms with Crippen LogP contribution in [-0.4, -0.2) is 47.2 Å². The second-order valence-electron chi connectivity index (χ2n) is 10.2. The lowest BCUT2D eigenvalue weighted by Crippen LogP contribution is -2.43. The largest absolute Gasteiger partial charge is 0.475 e. The van der Waals surface area contributed by atoms with E-state index in [4.69, 9.17) is 4.74 Å². The molecule has 4 rings (SSSR count). The van der Waals surface area contributed by atoms with E-state index in [2.05, 4.69) is 14.7 Å². The van der Waals surface area contributed by atoms with E-state index in [1.165, 1.54) is 24.3 Å². The van der Waals surface area contributed by atoms with Crippen LogP contribution in [-0.2, 0) is 10.0 Å². The number of amides is 1. The summed E-state index contributed by atoms with van der Waals surface area (Å²) < 4.78 is 34.7. The molecule has 0 radical (unpaired) electrons. The van der Waals surface area contributed by atoms with Crippen molar-refractivity contribution in [3.8, 4) is 17.1 Å². The van der Waals surface area contributed by atoms with Gasteiger partial charge in [-0.1, -0.05) is 45.0 Å². The van der Waals surface area contributed by atoms with E-state index in [9.17, 15) is 18.4 Å². The molecular formula is C26H30N4O5S. The minimum Gasteiger partial charge on any atom is -0.475 e. The third-order valence-corrected chi connectivity index (χ3v) is 7.21. The molecule has 190 valence electrons. The quantitative estimate of drug-likeness (QED) is 0.484. The zero-order chi connectivity index (χ0) is 26.3. The number of aromatic nitrogens is 2. The smallest absolute Gasteiger partial charge is 0.277 e. The van der Waals surface area contributed by atoms with Gasteiger partial charge < -0.3 is 4.74 Å². The fourth-order valence-corrected chi connectivity index (χ4v) is 5.26. The number of nitrogens with one attached hydrogen (secondary N) is 1. The highest BCUT2D eigenvalue weighted by molar-refractivity contribution is 7.92. The highest BCUT2D eigenvalue weighted by Gasteiger charge is 2.30. The van der Waals surface area contributed by atoms with Gasteiger partial charge in [0.05, 0.1) is 16.6 Å². The van der Waals surface area contributed by atoms with E-state index in [0.717, 1.165) is 16.7 Å². The molecule has 1 atom stereocenters. The third kappa shape index (κ3) is 5.50. The minimum atomic E-state index is -4.14. The minimum absolute atomic E-state index is 0.0300. The molecule has 2 aromatic carbocycles. The number of ether oxygens (including phenoxy) is 1. The number of benzene rings is 2. The zero-order valence-corrected chi connectivity index (χ0v) is 21.8. The second-order valence-corrected chi connectivity index (χ2v) is 11.9. The van der Waals surface area contributed by atoms with Crippen LogP contribution in [0.25, 0.3) is 11.3 Å². The number of carbonyl (C=O) groups excluding carboxylic acids is 1. The van der Waals surface area contributed by atoms with Crippen molar-refractivity contribution in [2.24, 2.45) is 5.41 Å². The van der Waals surface area contributed by atoms with Crippen LogP contribution in [0.2, 0.25) is 0 Å². The summed E-state index contributed by atoms with van der Waals surface area (Å²) in [6, 6.07) is 12.2. The number of nitrogens with zero attached hydrogens (tertiary/aromatic N) is 3. The maximum atomic E-state index is 13.2.